The van der Waals surface area contributed by atoms with E-state index in [-0.39, 0.29) is 16.4 Å². The summed E-state index contributed by atoms with van der Waals surface area (Å²) >= 11 is 0. The van der Waals surface area contributed by atoms with Gasteiger partial charge in [-0.25, -0.2) is 17.5 Å². The van der Waals surface area contributed by atoms with Gasteiger partial charge in [0.05, 0.1) is 10.5 Å². The van der Waals surface area contributed by atoms with Crippen molar-refractivity contribution in [2.45, 2.75) is 11.8 Å². The lowest BCUT2D eigenvalue weighted by atomic mass is 10.2. The first-order chi connectivity index (χ1) is 13.6. The molecule has 2 amide bonds. The molecule has 154 valence electrons. The van der Waals surface area contributed by atoms with Gasteiger partial charge >= 0.3 is 5.97 Å². The molecule has 0 aliphatic heterocycles. The number of anilines is 2. The van der Waals surface area contributed by atoms with Crippen molar-refractivity contribution >= 4 is 39.2 Å². The second kappa shape index (κ2) is 9.30. The van der Waals surface area contributed by atoms with Crippen molar-refractivity contribution in [1.29, 1.82) is 0 Å². The Morgan fingerprint density at radius 1 is 0.966 bits per heavy atom. The quantitative estimate of drug-likeness (QED) is 0.659. The molecule has 9 nitrogen and oxygen atoms in total. The van der Waals surface area contributed by atoms with Crippen molar-refractivity contribution in [3.05, 3.63) is 54.1 Å². The number of nitrogens with one attached hydrogen (secondary N) is 2. The van der Waals surface area contributed by atoms with Gasteiger partial charge < -0.3 is 15.4 Å². The van der Waals surface area contributed by atoms with Gasteiger partial charge in [0.2, 0.25) is 15.9 Å². The standard InChI is InChI=1S/C19H21N3O6S/c1-13(23)20-15-7-9-16(10-8-15)21-18(24)12-28-19(25)14-5-4-6-17(11-14)29(26,27)22(2)3/h4-11H,12H2,1-3H3,(H,20,23)(H,21,24). The maximum absolute atomic E-state index is 12.1. The predicted molar refractivity (Wildman–Crippen MR) is 107 cm³/mol. The van der Waals surface area contributed by atoms with Crippen LogP contribution < -0.4 is 10.6 Å². The smallest absolute Gasteiger partial charge is 0.338 e. The maximum Gasteiger partial charge on any atom is 0.338 e. The minimum atomic E-state index is -3.70. The summed E-state index contributed by atoms with van der Waals surface area (Å²) in [6.45, 7) is 0.840. The number of sulfonamides is 1. The number of esters is 1. The minimum Gasteiger partial charge on any atom is -0.452 e. The highest BCUT2D eigenvalue weighted by Gasteiger charge is 2.19. The maximum atomic E-state index is 12.1. The molecule has 0 unspecified atom stereocenters. The van der Waals surface area contributed by atoms with E-state index in [1.165, 1.54) is 45.3 Å². The van der Waals surface area contributed by atoms with Crippen molar-refractivity contribution < 1.29 is 27.5 Å². The van der Waals surface area contributed by atoms with Gasteiger partial charge in [-0.15, -0.1) is 0 Å². The fourth-order valence-corrected chi connectivity index (χ4v) is 3.19. The lowest BCUT2D eigenvalue weighted by molar-refractivity contribution is -0.119. The van der Waals surface area contributed by atoms with E-state index in [1.807, 2.05) is 0 Å². The van der Waals surface area contributed by atoms with E-state index >= 15 is 0 Å². The van der Waals surface area contributed by atoms with Gasteiger partial charge in [-0.3, -0.25) is 9.59 Å². The van der Waals surface area contributed by atoms with Crippen LogP contribution in [0.5, 0.6) is 0 Å². The number of amides is 2. The van der Waals surface area contributed by atoms with Gasteiger partial charge in [-0.2, -0.15) is 0 Å². The largest absolute Gasteiger partial charge is 0.452 e. The van der Waals surface area contributed by atoms with Gasteiger partial charge in [0.25, 0.3) is 5.91 Å². The third-order valence-corrected chi connectivity index (χ3v) is 5.48. The van der Waals surface area contributed by atoms with Crippen LogP contribution in [0.3, 0.4) is 0 Å². The zero-order valence-corrected chi connectivity index (χ0v) is 16.9. The van der Waals surface area contributed by atoms with Crippen LogP contribution in [0.15, 0.2) is 53.4 Å². The van der Waals surface area contributed by atoms with E-state index in [0.29, 0.717) is 11.4 Å². The topological polar surface area (TPSA) is 122 Å². The lowest BCUT2D eigenvalue weighted by Crippen LogP contribution is -2.23. The van der Waals surface area contributed by atoms with Crippen molar-refractivity contribution in [1.82, 2.24) is 4.31 Å². The molecule has 2 aromatic rings. The summed E-state index contributed by atoms with van der Waals surface area (Å²) in [6, 6.07) is 11.8. The van der Waals surface area contributed by atoms with E-state index in [4.69, 9.17) is 4.74 Å². The number of carbonyl (C=O) groups excluding carboxylic acids is 3. The Balaban J connectivity index is 1.95. The summed E-state index contributed by atoms with van der Waals surface area (Å²) in [5, 5.41) is 5.15. The first kappa shape index (κ1) is 22.1. The average molecular weight is 419 g/mol. The molecule has 0 saturated heterocycles. The third-order valence-electron chi connectivity index (χ3n) is 3.67. The lowest BCUT2D eigenvalue weighted by Gasteiger charge is -2.12. The number of rotatable bonds is 7. The Morgan fingerprint density at radius 2 is 1.55 bits per heavy atom. The number of carbonyl (C=O) groups is 3. The van der Waals surface area contributed by atoms with Crippen LogP contribution in [0.4, 0.5) is 11.4 Å². The monoisotopic (exact) mass is 419 g/mol. The first-order valence-corrected chi connectivity index (χ1v) is 9.91. The highest BCUT2D eigenvalue weighted by Crippen LogP contribution is 2.16. The Morgan fingerprint density at radius 3 is 2.10 bits per heavy atom. The molecular weight excluding hydrogens is 398 g/mol. The molecule has 2 aromatic carbocycles. The minimum absolute atomic E-state index is 0.0142. The molecule has 10 heteroatoms. The van der Waals surface area contributed by atoms with Gasteiger partial charge in [0.15, 0.2) is 6.61 Å². The van der Waals surface area contributed by atoms with E-state index in [0.717, 1.165) is 4.31 Å². The van der Waals surface area contributed by atoms with E-state index in [1.54, 1.807) is 24.3 Å². The second-order valence-corrected chi connectivity index (χ2v) is 8.35. The number of benzene rings is 2. The van der Waals surface area contributed by atoms with E-state index in [2.05, 4.69) is 10.6 Å². The molecular formula is C19H21N3O6S. The van der Waals surface area contributed by atoms with Crippen LogP contribution in [0, 0.1) is 0 Å². The third kappa shape index (κ3) is 6.13. The zero-order valence-electron chi connectivity index (χ0n) is 16.1. The van der Waals surface area contributed by atoms with E-state index in [9.17, 15) is 22.8 Å². The summed E-state index contributed by atoms with van der Waals surface area (Å²) in [5.41, 5.74) is 1.05. The molecule has 0 bridgehead atoms. The Hall–Kier alpha value is -3.24. The SMILES string of the molecule is CC(=O)Nc1ccc(NC(=O)COC(=O)c2cccc(S(=O)(=O)N(C)C)c2)cc1. The second-order valence-electron chi connectivity index (χ2n) is 6.20. The molecule has 0 atom stereocenters. The summed E-state index contributed by atoms with van der Waals surface area (Å²) < 4.78 is 30.3. The van der Waals surface area contributed by atoms with E-state index < -0.39 is 28.5 Å². The molecule has 0 aliphatic rings. The van der Waals surface area contributed by atoms with Crippen LogP contribution in [-0.2, 0) is 24.3 Å². The normalized spacial score (nSPS) is 11.0. The highest BCUT2D eigenvalue weighted by molar-refractivity contribution is 7.89. The van der Waals surface area contributed by atoms with Crippen LogP contribution in [0.2, 0.25) is 0 Å². The predicted octanol–water partition coefficient (Wildman–Crippen LogP) is 1.69. The molecule has 0 fully saturated rings. The van der Waals surface area contributed by atoms with Gasteiger partial charge in [-0.1, -0.05) is 6.07 Å². The van der Waals surface area contributed by atoms with Crippen molar-refractivity contribution in [3.8, 4) is 0 Å². The first-order valence-electron chi connectivity index (χ1n) is 8.47. The van der Waals surface area contributed by atoms with Gasteiger partial charge in [0.1, 0.15) is 0 Å². The number of nitrogens with zero attached hydrogens (tertiary/aromatic N) is 1. The van der Waals surface area contributed by atoms with Crippen LogP contribution >= 0.6 is 0 Å². The Kier molecular flexibility index (Phi) is 7.08. The van der Waals surface area contributed by atoms with Crippen molar-refractivity contribution in [2.24, 2.45) is 0 Å². The summed E-state index contributed by atoms with van der Waals surface area (Å²) in [4.78, 5) is 35.0. The number of hydrogen-bond donors (Lipinski definition) is 2. The summed E-state index contributed by atoms with van der Waals surface area (Å²) in [6.07, 6.45) is 0. The zero-order chi connectivity index (χ0) is 21.6. The molecule has 0 spiro atoms. The van der Waals surface area contributed by atoms with Crippen LogP contribution in [0.25, 0.3) is 0 Å². The number of hydrogen-bond acceptors (Lipinski definition) is 6. The van der Waals surface area contributed by atoms with Gasteiger partial charge in [0, 0.05) is 32.4 Å². The number of ether oxygens (including phenoxy) is 1. The molecule has 29 heavy (non-hydrogen) atoms. The molecule has 0 radical (unpaired) electrons. The summed E-state index contributed by atoms with van der Waals surface area (Å²) in [5.74, 6) is -1.60. The molecule has 0 heterocycles. The molecule has 0 aromatic heterocycles. The molecule has 2 rings (SSSR count). The molecule has 0 aliphatic carbocycles. The average Bonchev–Trinajstić information content (AvgIpc) is 2.67. The summed E-state index contributed by atoms with van der Waals surface area (Å²) in [7, 11) is -0.931. The highest BCUT2D eigenvalue weighted by atomic mass is 32.2. The Bertz CT molecular complexity index is 1020. The van der Waals surface area contributed by atoms with Crippen molar-refractivity contribution in [3.63, 3.8) is 0 Å². The van der Waals surface area contributed by atoms with Crippen LogP contribution in [0.1, 0.15) is 17.3 Å². The van der Waals surface area contributed by atoms with Gasteiger partial charge in [-0.05, 0) is 42.5 Å². The van der Waals surface area contributed by atoms with Crippen LogP contribution in [-0.4, -0.2) is 51.2 Å². The molecule has 0 saturated carbocycles. The fourth-order valence-electron chi connectivity index (χ4n) is 2.25. The Labute approximate surface area is 168 Å². The van der Waals surface area contributed by atoms with Crippen molar-refractivity contribution in [2.75, 3.05) is 31.3 Å². The fraction of sp³-hybridized carbons (Fsp3) is 0.211. The molecule has 2 N–H and O–H groups in total.